The molecule has 0 atom stereocenters. The minimum Gasteiger partial charge on any atom is -0.504 e. The van der Waals surface area contributed by atoms with E-state index in [1.165, 1.54) is 6.92 Å². The third kappa shape index (κ3) is 2.28. The van der Waals surface area contributed by atoms with Gasteiger partial charge < -0.3 is 5.11 Å². The average molecular weight is 230 g/mol. The molecule has 0 heterocycles. The molecule has 0 spiro atoms. The molecule has 0 aliphatic heterocycles. The molecule has 17 heavy (non-hydrogen) atoms. The van der Waals surface area contributed by atoms with E-state index in [2.05, 4.69) is 0 Å². The molecule has 88 valence electrons. The number of aliphatic hydroxyl groups is 1. The molecule has 0 unspecified atom stereocenters. The van der Waals surface area contributed by atoms with Crippen LogP contribution in [-0.2, 0) is 4.79 Å². The van der Waals surface area contributed by atoms with Crippen molar-refractivity contribution in [3.05, 3.63) is 41.2 Å². The fourth-order valence-electron chi connectivity index (χ4n) is 2.02. The second-order valence-corrected chi connectivity index (χ2v) is 4.24. The Hall–Kier alpha value is -1.90. The van der Waals surface area contributed by atoms with Crippen molar-refractivity contribution in [3.63, 3.8) is 0 Å². The number of Topliss-reactive ketones (excluding diaryl/α,β-unsaturated/α-hetero) is 2. The van der Waals surface area contributed by atoms with Gasteiger partial charge in [-0.25, -0.2) is 0 Å². The van der Waals surface area contributed by atoms with Crippen molar-refractivity contribution in [2.45, 2.75) is 26.2 Å². The van der Waals surface area contributed by atoms with Crippen molar-refractivity contribution in [3.8, 4) is 0 Å². The summed E-state index contributed by atoms with van der Waals surface area (Å²) in [4.78, 5) is 22.5. The van der Waals surface area contributed by atoms with Crippen molar-refractivity contribution < 1.29 is 14.7 Å². The predicted octanol–water partition coefficient (Wildman–Crippen LogP) is 2.91. The standard InChI is InChI=1S/C14H14O3/c1-9(15)10-5-7-11(8-6-10)12-3-2-4-13(16)14(12)17/h5-8,17H,2-4H2,1H3. The van der Waals surface area contributed by atoms with Crippen LogP contribution in [0.4, 0.5) is 0 Å². The highest BCUT2D eigenvalue weighted by Gasteiger charge is 2.20. The number of carbonyl (C=O) groups excluding carboxylic acids is 2. The first-order chi connectivity index (χ1) is 8.09. The van der Waals surface area contributed by atoms with Crippen LogP contribution in [0, 0.1) is 0 Å². The number of hydrogen-bond acceptors (Lipinski definition) is 3. The predicted molar refractivity (Wildman–Crippen MR) is 64.9 cm³/mol. The van der Waals surface area contributed by atoms with Crippen LogP contribution in [0.3, 0.4) is 0 Å². The van der Waals surface area contributed by atoms with Gasteiger partial charge in [0.05, 0.1) is 0 Å². The van der Waals surface area contributed by atoms with Crippen molar-refractivity contribution in [2.75, 3.05) is 0 Å². The third-order valence-electron chi connectivity index (χ3n) is 3.02. The van der Waals surface area contributed by atoms with Gasteiger partial charge in [0.1, 0.15) is 0 Å². The molecular weight excluding hydrogens is 216 g/mol. The molecule has 0 saturated heterocycles. The van der Waals surface area contributed by atoms with Gasteiger partial charge in [-0.3, -0.25) is 9.59 Å². The monoisotopic (exact) mass is 230 g/mol. The van der Waals surface area contributed by atoms with E-state index < -0.39 is 0 Å². The number of allylic oxidation sites excluding steroid dienone is 2. The van der Waals surface area contributed by atoms with E-state index in [0.29, 0.717) is 24.0 Å². The zero-order chi connectivity index (χ0) is 12.4. The summed E-state index contributed by atoms with van der Waals surface area (Å²) in [5.41, 5.74) is 2.15. The summed E-state index contributed by atoms with van der Waals surface area (Å²) >= 11 is 0. The van der Waals surface area contributed by atoms with E-state index in [9.17, 15) is 14.7 Å². The SMILES string of the molecule is CC(=O)c1ccc(C2=C(O)C(=O)CCC2)cc1. The second-order valence-electron chi connectivity index (χ2n) is 4.24. The Morgan fingerprint density at radius 3 is 2.41 bits per heavy atom. The number of aliphatic hydroxyl groups excluding tert-OH is 1. The second kappa shape index (κ2) is 4.53. The molecule has 0 bridgehead atoms. The van der Waals surface area contributed by atoms with Crippen LogP contribution in [0.25, 0.3) is 5.57 Å². The van der Waals surface area contributed by atoms with Crippen molar-refractivity contribution >= 4 is 17.1 Å². The largest absolute Gasteiger partial charge is 0.504 e. The molecule has 0 radical (unpaired) electrons. The lowest BCUT2D eigenvalue weighted by Crippen LogP contribution is -2.10. The zero-order valence-electron chi connectivity index (χ0n) is 9.69. The van der Waals surface area contributed by atoms with Crippen molar-refractivity contribution in [1.82, 2.24) is 0 Å². The number of carbonyl (C=O) groups is 2. The molecule has 0 saturated carbocycles. The van der Waals surface area contributed by atoms with Crippen molar-refractivity contribution in [2.24, 2.45) is 0 Å². The highest BCUT2D eigenvalue weighted by Crippen LogP contribution is 2.29. The van der Waals surface area contributed by atoms with Gasteiger partial charge in [0.25, 0.3) is 0 Å². The lowest BCUT2D eigenvalue weighted by molar-refractivity contribution is -0.118. The first-order valence-electron chi connectivity index (χ1n) is 5.66. The average Bonchev–Trinajstić information content (AvgIpc) is 2.33. The van der Waals surface area contributed by atoms with Gasteiger partial charge in [0.2, 0.25) is 0 Å². The van der Waals surface area contributed by atoms with Gasteiger partial charge in [0, 0.05) is 17.6 Å². The smallest absolute Gasteiger partial charge is 0.197 e. The van der Waals surface area contributed by atoms with Gasteiger partial charge in [-0.05, 0) is 25.3 Å². The fourth-order valence-corrected chi connectivity index (χ4v) is 2.02. The van der Waals surface area contributed by atoms with Crippen LogP contribution in [0.2, 0.25) is 0 Å². The van der Waals surface area contributed by atoms with E-state index in [-0.39, 0.29) is 17.3 Å². The van der Waals surface area contributed by atoms with E-state index in [4.69, 9.17) is 0 Å². The summed E-state index contributed by atoms with van der Waals surface area (Å²) in [5, 5.41) is 9.73. The molecule has 2 rings (SSSR count). The summed E-state index contributed by atoms with van der Waals surface area (Å²) < 4.78 is 0. The number of ketones is 2. The summed E-state index contributed by atoms with van der Waals surface area (Å²) in [5.74, 6) is -0.303. The minimum absolute atomic E-state index is 0.00877. The summed E-state index contributed by atoms with van der Waals surface area (Å²) in [7, 11) is 0. The van der Waals surface area contributed by atoms with Gasteiger partial charge in [-0.15, -0.1) is 0 Å². The van der Waals surface area contributed by atoms with Gasteiger partial charge in [-0.1, -0.05) is 24.3 Å². The maximum Gasteiger partial charge on any atom is 0.197 e. The lowest BCUT2D eigenvalue weighted by atomic mass is 9.91. The zero-order valence-corrected chi connectivity index (χ0v) is 9.69. The maximum absolute atomic E-state index is 11.4. The summed E-state index contributed by atoms with van der Waals surface area (Å²) in [6, 6.07) is 7.00. The Balaban J connectivity index is 2.37. The van der Waals surface area contributed by atoms with Gasteiger partial charge >= 0.3 is 0 Å². The van der Waals surface area contributed by atoms with Gasteiger partial charge in [0.15, 0.2) is 17.3 Å². The van der Waals surface area contributed by atoms with Gasteiger partial charge in [-0.2, -0.15) is 0 Å². The summed E-state index contributed by atoms with van der Waals surface area (Å²) in [6.45, 7) is 1.51. The Morgan fingerprint density at radius 2 is 1.82 bits per heavy atom. The highest BCUT2D eigenvalue weighted by molar-refractivity contribution is 6.02. The Kier molecular flexibility index (Phi) is 3.09. The summed E-state index contributed by atoms with van der Waals surface area (Å²) in [6.07, 6.45) is 1.89. The topological polar surface area (TPSA) is 54.4 Å². The van der Waals surface area contributed by atoms with E-state index in [1.807, 2.05) is 0 Å². The molecule has 1 aliphatic carbocycles. The Labute approximate surface area is 99.8 Å². The number of rotatable bonds is 2. The first-order valence-corrected chi connectivity index (χ1v) is 5.66. The van der Waals surface area contributed by atoms with Crippen LogP contribution < -0.4 is 0 Å². The molecular formula is C14H14O3. The Bertz CT molecular complexity index is 495. The van der Waals surface area contributed by atoms with Crippen LogP contribution in [0.5, 0.6) is 0 Å². The molecule has 1 aromatic rings. The lowest BCUT2D eigenvalue weighted by Gasteiger charge is -2.15. The highest BCUT2D eigenvalue weighted by atomic mass is 16.3. The van der Waals surface area contributed by atoms with Crippen LogP contribution in [-0.4, -0.2) is 16.7 Å². The molecule has 0 aromatic heterocycles. The quantitative estimate of drug-likeness (QED) is 0.795. The first kappa shape index (κ1) is 11.6. The van der Waals surface area contributed by atoms with Crippen LogP contribution in [0.1, 0.15) is 42.1 Å². The number of benzene rings is 1. The molecule has 0 fully saturated rings. The van der Waals surface area contributed by atoms with E-state index in [0.717, 1.165) is 12.0 Å². The van der Waals surface area contributed by atoms with Crippen LogP contribution in [0.15, 0.2) is 30.0 Å². The third-order valence-corrected chi connectivity index (χ3v) is 3.02. The fraction of sp³-hybridized carbons (Fsp3) is 0.286. The molecule has 1 aromatic carbocycles. The van der Waals surface area contributed by atoms with E-state index in [1.54, 1.807) is 24.3 Å². The normalized spacial score (nSPS) is 16.2. The molecule has 1 N–H and O–H groups in total. The number of hydrogen-bond donors (Lipinski definition) is 1. The van der Waals surface area contributed by atoms with E-state index >= 15 is 0 Å². The maximum atomic E-state index is 11.4. The molecule has 0 amide bonds. The van der Waals surface area contributed by atoms with Crippen molar-refractivity contribution in [1.29, 1.82) is 0 Å². The minimum atomic E-state index is -0.193. The molecule has 3 nitrogen and oxygen atoms in total. The molecule has 1 aliphatic rings. The van der Waals surface area contributed by atoms with Crippen LogP contribution >= 0.6 is 0 Å². The molecule has 3 heteroatoms. The Morgan fingerprint density at radius 1 is 1.18 bits per heavy atom.